The molecule has 0 aliphatic carbocycles. The van der Waals surface area contributed by atoms with Gasteiger partial charge < -0.3 is 23.4 Å². The first-order valence-electron chi connectivity index (χ1n) is 2.45. The third-order valence-electron chi connectivity index (χ3n) is 0.845. The summed E-state index contributed by atoms with van der Waals surface area (Å²) in [5, 5.41) is 9.53. The molecule has 80 valence electrons. The molecule has 0 aliphatic heterocycles. The fourth-order valence-corrected chi connectivity index (χ4v) is 0.322. The van der Waals surface area contributed by atoms with Gasteiger partial charge in [0.2, 0.25) is 0 Å². The van der Waals surface area contributed by atoms with Gasteiger partial charge in [-0.1, -0.05) is 0 Å². The molecule has 0 aromatic heterocycles. The summed E-state index contributed by atoms with van der Waals surface area (Å²) in [5.74, 6) is -8.97. The molecule has 0 saturated heterocycles. The third-order valence-corrected chi connectivity index (χ3v) is 0.845. The van der Waals surface area contributed by atoms with E-state index >= 15 is 0 Å². The van der Waals surface area contributed by atoms with E-state index in [4.69, 9.17) is 0 Å². The minimum absolute atomic E-state index is 0. The summed E-state index contributed by atoms with van der Waals surface area (Å²) in [6.07, 6.45) is -6.14. The molecule has 0 saturated carbocycles. The van der Waals surface area contributed by atoms with Crippen LogP contribution < -0.4 is 5.11 Å². The fourth-order valence-electron chi connectivity index (χ4n) is 0.322. The molecule has 0 spiro atoms. The van der Waals surface area contributed by atoms with Crippen LogP contribution in [-0.4, -0.2) is 18.0 Å². The van der Waals surface area contributed by atoms with E-state index in [9.17, 15) is 36.2 Å². The summed E-state index contributed by atoms with van der Waals surface area (Å²) in [7, 11) is 0. The van der Waals surface area contributed by atoms with Gasteiger partial charge in [0, 0.05) is 0 Å². The summed E-state index contributed by atoms with van der Waals surface area (Å²) in [6.45, 7) is -3.47. The van der Waals surface area contributed by atoms with E-state index in [0.717, 1.165) is 0 Å². The molecular weight excluding hydrogens is 477 g/mol. The summed E-state index contributed by atoms with van der Waals surface area (Å²) >= 11 is 0. The first-order valence-corrected chi connectivity index (χ1v) is 2.45. The topological polar surface area (TPSA) is 49.4 Å². The predicted octanol–water partition coefficient (Wildman–Crippen LogP) is 0.367. The number of carbonyl (C=O) groups is 1. The Morgan fingerprint density at radius 1 is 1.21 bits per heavy atom. The van der Waals surface area contributed by atoms with Crippen molar-refractivity contribution in [2.75, 3.05) is 0 Å². The molecule has 0 rings (SSSR count). The number of aliphatic carboxylic acids is 1. The van der Waals surface area contributed by atoms with Gasteiger partial charge in [-0.05, 0) is 0 Å². The van der Waals surface area contributed by atoms with Crippen LogP contribution in [0.5, 0.6) is 0 Å². The zero-order valence-corrected chi connectivity index (χ0v) is 12.6. The van der Waals surface area contributed by atoms with Crippen molar-refractivity contribution in [2.45, 2.75) is 12.0 Å². The molecule has 0 aromatic carbocycles. The maximum absolute atomic E-state index is 12.2. The van der Waals surface area contributed by atoms with Crippen LogP contribution in [0.25, 0.3) is 0 Å². The molecule has 0 aromatic rings. The Morgan fingerprint density at radius 3 is 1.64 bits per heavy atom. The average molecular weight is 477 g/mol. The molecule has 0 bridgehead atoms. The number of carbonyl (C=O) groups excluding carboxylic acids is 1. The maximum atomic E-state index is 12.2. The first kappa shape index (κ1) is 14.5. The van der Waals surface area contributed by atoms with E-state index in [1.165, 1.54) is 0 Å². The maximum Gasteiger partial charge on any atom is 0.451 e. The smallest absolute Gasteiger partial charge is 0.451 e. The van der Waals surface area contributed by atoms with Gasteiger partial charge >= 0.3 is 12.0 Å². The van der Waals surface area contributed by atoms with E-state index in [1.54, 1.807) is 0 Å². The number of ether oxygens (including phenoxy) is 1. The van der Waals surface area contributed by atoms with Gasteiger partial charge in [-0.15, -0.1) is 0 Å². The van der Waals surface area contributed by atoms with Crippen molar-refractivity contribution in [3.63, 3.8) is 0 Å². The molecule has 0 N–H and O–H groups in total. The molecule has 3 nitrogen and oxygen atoms in total. The van der Waals surface area contributed by atoms with Gasteiger partial charge in [0.15, 0.2) is 0 Å². The van der Waals surface area contributed by atoms with Gasteiger partial charge in [0.25, 0.3) is 0 Å². The zero-order chi connectivity index (χ0) is 10.9. The van der Waals surface area contributed by atoms with Crippen LogP contribution in [0, 0.1) is 6.61 Å². The molecular formula is C4F6O3Rf-2. The van der Waals surface area contributed by atoms with Crippen molar-refractivity contribution in [2.24, 2.45) is 0 Å². The number of rotatable bonds is 3. The van der Waals surface area contributed by atoms with Crippen LogP contribution in [0.2, 0.25) is 0 Å². The summed E-state index contributed by atoms with van der Waals surface area (Å²) in [4.78, 5) is 9.53. The zero-order valence-electron chi connectivity index (χ0n) is 6.20. The number of halogens is 6. The number of carboxylic acid groups (broad SMARTS) is 1. The van der Waals surface area contributed by atoms with Crippen molar-refractivity contribution < 1.29 is 41.0 Å². The minimum atomic E-state index is -6.14. The molecule has 14 heavy (non-hydrogen) atoms. The number of alkyl halides is 4. The Kier molecular flexibility index (Phi) is 3.96. The van der Waals surface area contributed by atoms with Crippen LogP contribution in [0.3, 0.4) is 0 Å². The third kappa shape index (κ3) is 2.51. The Balaban J connectivity index is 0. The molecule has 0 fully saturated rings. The second-order valence-electron chi connectivity index (χ2n) is 1.71. The van der Waals surface area contributed by atoms with Gasteiger partial charge in [-0.25, -0.2) is 0 Å². The van der Waals surface area contributed by atoms with Crippen molar-refractivity contribution >= 4 is 5.97 Å². The molecule has 0 amide bonds. The number of hydrogen-bond donors (Lipinski definition) is 0. The predicted molar refractivity (Wildman–Crippen MR) is 21.4 cm³/mol. The van der Waals surface area contributed by atoms with Crippen LogP contribution in [0.4, 0.5) is 26.3 Å². The van der Waals surface area contributed by atoms with Crippen LogP contribution in [0.15, 0.2) is 0 Å². The van der Waals surface area contributed by atoms with E-state index in [-0.39, 0.29) is 0 Å². The first-order chi connectivity index (χ1) is 5.61. The summed E-state index contributed by atoms with van der Waals surface area (Å²) < 4.78 is 70.9. The molecule has 0 radical (unpaired) electrons. The van der Waals surface area contributed by atoms with Crippen molar-refractivity contribution in [1.82, 2.24) is 0 Å². The van der Waals surface area contributed by atoms with Crippen molar-refractivity contribution in [3.8, 4) is 0 Å². The quantitative estimate of drug-likeness (QED) is 0.437. The second kappa shape index (κ2) is 3.81. The van der Waals surface area contributed by atoms with E-state index in [1.807, 2.05) is 0 Å². The standard InChI is InChI=1S/C4HF6O3.Rf/c5-2(6)13-3(7,1(11)12)4(8,9)10;/h(H,11,12);/q-1;/p-1. The second-order valence-corrected chi connectivity index (χ2v) is 1.71. The number of hydrogen-bond acceptors (Lipinski definition) is 3. The van der Waals surface area contributed by atoms with Gasteiger partial charge in [0.05, 0.1) is 0 Å². The van der Waals surface area contributed by atoms with Crippen LogP contribution in [0.1, 0.15) is 0 Å². The van der Waals surface area contributed by atoms with Gasteiger partial charge in [-0.2, -0.15) is 17.6 Å². The number of carboxylic acids is 1. The van der Waals surface area contributed by atoms with Gasteiger partial charge in [-0.3, -0.25) is 0 Å². The molecule has 0 heterocycles. The van der Waals surface area contributed by atoms with Crippen molar-refractivity contribution in [1.29, 1.82) is 0 Å². The molecule has 10 heteroatoms. The Hall–Kier alpha value is -1.99. The largest absolute Gasteiger partial charge is 0.544 e. The minimum Gasteiger partial charge on any atom is -0.544 e. The van der Waals surface area contributed by atoms with E-state index < -0.39 is 24.6 Å². The Labute approximate surface area is 66.9 Å². The van der Waals surface area contributed by atoms with E-state index in [2.05, 4.69) is 4.74 Å². The van der Waals surface area contributed by atoms with E-state index in [0.29, 0.717) is 0 Å². The van der Waals surface area contributed by atoms with Gasteiger partial charge in [0.1, 0.15) is 12.6 Å². The van der Waals surface area contributed by atoms with Crippen LogP contribution in [-0.2, 0) is 9.53 Å². The molecule has 1 atom stereocenters. The Bertz CT molecular complexity index is 206. The summed E-state index contributed by atoms with van der Waals surface area (Å²) in [6, 6.07) is 0. The molecule has 1 unspecified atom stereocenters. The van der Waals surface area contributed by atoms with Crippen molar-refractivity contribution in [3.05, 3.63) is 6.61 Å². The van der Waals surface area contributed by atoms with Crippen LogP contribution >= 0.6 is 0 Å². The SMILES string of the molecule is O=C([O-])C(F)(O[C-](F)F)C(F)(F)F.[Rf]. The molecule has 0 aliphatic rings. The average Bonchev–Trinajstić information content (AvgIpc) is 1.82. The monoisotopic (exact) mass is 477 g/mol. The Morgan fingerprint density at radius 2 is 1.57 bits per heavy atom. The normalized spacial score (nSPS) is 15.9. The fraction of sp³-hybridized carbons (Fsp3) is 0.500. The summed E-state index contributed by atoms with van der Waals surface area (Å²) in [5.41, 5.74) is 0.